The van der Waals surface area contributed by atoms with Crippen LogP contribution in [-0.2, 0) is 17.9 Å². The Labute approximate surface area is 113 Å². The van der Waals surface area contributed by atoms with Gasteiger partial charge in [0.25, 0.3) is 0 Å². The van der Waals surface area contributed by atoms with Gasteiger partial charge in [0.1, 0.15) is 6.54 Å². The Balaban J connectivity index is 2.03. The van der Waals surface area contributed by atoms with Crippen LogP contribution in [-0.4, -0.2) is 20.9 Å². The summed E-state index contributed by atoms with van der Waals surface area (Å²) < 4.78 is 14.9. The van der Waals surface area contributed by atoms with Crippen LogP contribution in [0.4, 0.5) is 10.1 Å². The molecule has 8 heteroatoms. The molecule has 100 valence electrons. The average molecular weight is 284 g/mol. The third kappa shape index (κ3) is 3.27. The van der Waals surface area contributed by atoms with Gasteiger partial charge in [0.15, 0.2) is 5.82 Å². The number of nitrogens with zero attached hydrogens (tertiary/aromatic N) is 3. The highest BCUT2D eigenvalue weighted by atomic mass is 35.5. The minimum atomic E-state index is -0.668. The van der Waals surface area contributed by atoms with Gasteiger partial charge in [-0.3, -0.25) is 4.79 Å². The quantitative estimate of drug-likeness (QED) is 0.882. The highest BCUT2D eigenvalue weighted by Crippen LogP contribution is 2.21. The number of anilines is 1. The normalized spacial score (nSPS) is 10.5. The molecule has 1 aromatic carbocycles. The fourth-order valence-corrected chi connectivity index (χ4v) is 1.62. The molecule has 1 heterocycles. The lowest BCUT2D eigenvalue weighted by Gasteiger charge is -2.06. The van der Waals surface area contributed by atoms with Gasteiger partial charge in [-0.2, -0.15) is 0 Å². The van der Waals surface area contributed by atoms with Crippen molar-refractivity contribution in [2.75, 3.05) is 5.32 Å². The molecule has 2 rings (SSSR count). The van der Waals surface area contributed by atoms with E-state index in [1.807, 2.05) is 0 Å². The van der Waals surface area contributed by atoms with E-state index >= 15 is 0 Å². The van der Waals surface area contributed by atoms with Gasteiger partial charge in [-0.15, -0.1) is 5.10 Å². The molecule has 0 spiro atoms. The maximum Gasteiger partial charge on any atom is 0.246 e. The second-order valence-electron chi connectivity index (χ2n) is 3.76. The molecular weight excluding hydrogens is 273 g/mol. The molecule has 6 nitrogen and oxygen atoms in total. The molecule has 0 bridgehead atoms. The Hall–Kier alpha value is -1.99. The van der Waals surface area contributed by atoms with Crippen molar-refractivity contribution >= 4 is 23.2 Å². The molecule has 0 radical (unpaired) electrons. The van der Waals surface area contributed by atoms with Crippen molar-refractivity contribution in [1.82, 2.24) is 15.0 Å². The van der Waals surface area contributed by atoms with Crippen molar-refractivity contribution in [3.63, 3.8) is 0 Å². The van der Waals surface area contributed by atoms with E-state index < -0.39 is 11.7 Å². The second-order valence-corrected chi connectivity index (χ2v) is 4.17. The van der Waals surface area contributed by atoms with E-state index in [0.717, 1.165) is 0 Å². The van der Waals surface area contributed by atoms with Gasteiger partial charge in [0.2, 0.25) is 5.91 Å². The Morgan fingerprint density at radius 1 is 1.53 bits per heavy atom. The van der Waals surface area contributed by atoms with Gasteiger partial charge in [-0.25, -0.2) is 9.07 Å². The van der Waals surface area contributed by atoms with Crippen LogP contribution < -0.4 is 11.1 Å². The van der Waals surface area contributed by atoms with Gasteiger partial charge in [-0.1, -0.05) is 22.9 Å². The minimum absolute atomic E-state index is 0.0247. The summed E-state index contributed by atoms with van der Waals surface area (Å²) in [6.45, 7) is 0.156. The van der Waals surface area contributed by atoms with Crippen LogP contribution in [0.3, 0.4) is 0 Å². The van der Waals surface area contributed by atoms with E-state index in [-0.39, 0.29) is 23.8 Å². The van der Waals surface area contributed by atoms with E-state index in [9.17, 15) is 9.18 Å². The molecule has 0 unspecified atom stereocenters. The van der Waals surface area contributed by atoms with Gasteiger partial charge in [-0.05, 0) is 12.1 Å². The molecule has 0 fully saturated rings. The average Bonchev–Trinajstić information content (AvgIpc) is 2.82. The van der Waals surface area contributed by atoms with E-state index in [1.165, 1.54) is 16.8 Å². The summed E-state index contributed by atoms with van der Waals surface area (Å²) in [6, 6.07) is 4.37. The molecule has 1 amide bonds. The zero-order chi connectivity index (χ0) is 13.8. The number of nitrogens with one attached hydrogen (secondary N) is 1. The summed E-state index contributed by atoms with van der Waals surface area (Å²) in [5.74, 6) is -1.10. The van der Waals surface area contributed by atoms with Crippen LogP contribution in [0.25, 0.3) is 0 Å². The fourth-order valence-electron chi connectivity index (χ4n) is 1.45. The number of amides is 1. The molecule has 0 aliphatic heterocycles. The van der Waals surface area contributed by atoms with Crippen LogP contribution in [0, 0.1) is 5.82 Å². The number of carbonyl (C=O) groups excluding carboxylic acids is 1. The standard InChI is InChI=1S/C11H11ClFN5O/c12-8-2-1-3-9(11(8)13)15-10(19)6-18-5-7(4-14)16-17-18/h1-3,5H,4,6,14H2,(H,15,19). The van der Waals surface area contributed by atoms with Crippen molar-refractivity contribution in [1.29, 1.82) is 0 Å². The first-order chi connectivity index (χ1) is 9.10. The van der Waals surface area contributed by atoms with Crippen LogP contribution in [0.2, 0.25) is 5.02 Å². The van der Waals surface area contributed by atoms with Crippen LogP contribution >= 0.6 is 11.6 Å². The molecule has 1 aromatic heterocycles. The number of carbonyl (C=O) groups is 1. The molecule has 19 heavy (non-hydrogen) atoms. The third-order valence-corrected chi connectivity index (χ3v) is 2.62. The first-order valence-electron chi connectivity index (χ1n) is 5.43. The van der Waals surface area contributed by atoms with Crippen LogP contribution in [0.1, 0.15) is 5.69 Å². The van der Waals surface area contributed by atoms with E-state index in [4.69, 9.17) is 17.3 Å². The summed E-state index contributed by atoms with van der Waals surface area (Å²) in [6.07, 6.45) is 1.55. The van der Waals surface area contributed by atoms with Crippen molar-refractivity contribution in [3.8, 4) is 0 Å². The number of benzene rings is 1. The summed E-state index contributed by atoms with van der Waals surface area (Å²) in [7, 11) is 0. The van der Waals surface area contributed by atoms with Gasteiger partial charge in [0, 0.05) is 6.54 Å². The van der Waals surface area contributed by atoms with Crippen molar-refractivity contribution < 1.29 is 9.18 Å². The summed E-state index contributed by atoms with van der Waals surface area (Å²) >= 11 is 5.61. The molecule has 0 aliphatic rings. The maximum absolute atomic E-state index is 13.6. The smallest absolute Gasteiger partial charge is 0.246 e. The highest BCUT2D eigenvalue weighted by molar-refractivity contribution is 6.31. The molecular formula is C11H11ClFN5O. The Bertz CT molecular complexity index is 601. The first-order valence-corrected chi connectivity index (χ1v) is 5.81. The lowest BCUT2D eigenvalue weighted by molar-refractivity contribution is -0.116. The molecule has 0 saturated heterocycles. The lowest BCUT2D eigenvalue weighted by Crippen LogP contribution is -2.19. The predicted octanol–water partition coefficient (Wildman–Crippen LogP) is 1.17. The van der Waals surface area contributed by atoms with Gasteiger partial charge >= 0.3 is 0 Å². The molecule has 0 aliphatic carbocycles. The Kier molecular flexibility index (Phi) is 4.08. The highest BCUT2D eigenvalue weighted by Gasteiger charge is 2.10. The zero-order valence-electron chi connectivity index (χ0n) is 9.81. The summed E-state index contributed by atoms with van der Waals surface area (Å²) in [5, 5.41) is 9.81. The van der Waals surface area contributed by atoms with Gasteiger partial charge < -0.3 is 11.1 Å². The number of aromatic nitrogens is 3. The van der Waals surface area contributed by atoms with Crippen molar-refractivity contribution in [2.45, 2.75) is 13.1 Å². The SMILES string of the molecule is NCc1cn(CC(=O)Nc2cccc(Cl)c2F)nn1. The first kappa shape index (κ1) is 13.4. The molecule has 3 N–H and O–H groups in total. The number of hydrogen-bond donors (Lipinski definition) is 2. The van der Waals surface area contributed by atoms with E-state index in [1.54, 1.807) is 12.3 Å². The fraction of sp³-hybridized carbons (Fsp3) is 0.182. The second kappa shape index (κ2) is 5.77. The van der Waals surface area contributed by atoms with Crippen molar-refractivity contribution in [3.05, 3.63) is 40.9 Å². The number of rotatable bonds is 4. The predicted molar refractivity (Wildman–Crippen MR) is 68.0 cm³/mol. The van der Waals surface area contributed by atoms with Gasteiger partial charge in [0.05, 0.1) is 22.6 Å². The Morgan fingerprint density at radius 2 is 2.32 bits per heavy atom. The van der Waals surface area contributed by atoms with Crippen molar-refractivity contribution in [2.24, 2.45) is 5.73 Å². The molecule has 0 atom stereocenters. The Morgan fingerprint density at radius 3 is 3.00 bits per heavy atom. The van der Waals surface area contributed by atoms with Crippen LogP contribution in [0.5, 0.6) is 0 Å². The minimum Gasteiger partial charge on any atom is -0.325 e. The number of nitrogens with two attached hydrogens (primary N) is 1. The monoisotopic (exact) mass is 283 g/mol. The largest absolute Gasteiger partial charge is 0.325 e. The maximum atomic E-state index is 13.6. The van der Waals surface area contributed by atoms with Crippen LogP contribution in [0.15, 0.2) is 24.4 Å². The van der Waals surface area contributed by atoms with E-state index in [0.29, 0.717) is 5.69 Å². The number of halogens is 2. The molecule has 2 aromatic rings. The number of hydrogen-bond acceptors (Lipinski definition) is 4. The third-order valence-electron chi connectivity index (χ3n) is 2.33. The molecule has 0 saturated carbocycles. The zero-order valence-corrected chi connectivity index (χ0v) is 10.6. The summed E-state index contributed by atoms with van der Waals surface area (Å²) in [4.78, 5) is 11.7. The summed E-state index contributed by atoms with van der Waals surface area (Å²) in [5.41, 5.74) is 5.97. The van der Waals surface area contributed by atoms with E-state index in [2.05, 4.69) is 15.6 Å². The lowest BCUT2D eigenvalue weighted by atomic mass is 10.3. The topological polar surface area (TPSA) is 85.8 Å².